The number of ether oxygens (including phenoxy) is 1. The second-order valence-electron chi connectivity index (χ2n) is 9.22. The molecule has 1 saturated heterocycles. The second-order valence-corrected chi connectivity index (χ2v) is 11.3. The Hall–Kier alpha value is -3.12. The molecule has 2 fully saturated rings. The number of halogens is 2. The van der Waals surface area contributed by atoms with Crippen molar-refractivity contribution in [3.05, 3.63) is 74.8 Å². The Bertz CT molecular complexity index is 1580. The molecule has 2 atom stereocenters. The van der Waals surface area contributed by atoms with Gasteiger partial charge in [0.15, 0.2) is 5.78 Å². The van der Waals surface area contributed by atoms with Crippen molar-refractivity contribution in [3.8, 4) is 0 Å². The Morgan fingerprint density at radius 3 is 2.51 bits per heavy atom. The van der Waals surface area contributed by atoms with E-state index in [2.05, 4.69) is 10.0 Å². The number of carbonyl (C=O) groups is 2. The van der Waals surface area contributed by atoms with Gasteiger partial charge < -0.3 is 14.6 Å². The van der Waals surface area contributed by atoms with E-state index in [1.54, 1.807) is 16.7 Å². The monoisotopic (exact) mass is 547 g/mol. The molecule has 2 heterocycles. The summed E-state index contributed by atoms with van der Waals surface area (Å²) < 4.78 is 49.0. The molecule has 5 rings (SSSR count). The number of aryl methyl sites for hydroxylation is 1. The Morgan fingerprint density at radius 1 is 1.22 bits per heavy atom. The highest BCUT2D eigenvalue weighted by molar-refractivity contribution is 7.89. The van der Waals surface area contributed by atoms with Gasteiger partial charge in [0.1, 0.15) is 23.5 Å². The number of benzene rings is 2. The Labute approximate surface area is 216 Å². The number of Topliss-reactive ketones (excluding diaryl/α,β-unsaturated/α-hetero) is 1. The zero-order chi connectivity index (χ0) is 26.5. The number of rotatable bonds is 9. The van der Waals surface area contributed by atoms with Crippen LogP contribution >= 0.6 is 11.6 Å². The van der Waals surface area contributed by atoms with Gasteiger partial charge in [-0.3, -0.25) is 14.4 Å². The van der Waals surface area contributed by atoms with E-state index >= 15 is 0 Å². The van der Waals surface area contributed by atoms with Crippen LogP contribution in [-0.2, 0) is 19.6 Å². The number of amides is 1. The number of nitrogens with one attached hydrogen (secondary N) is 2. The van der Waals surface area contributed by atoms with E-state index in [4.69, 9.17) is 16.3 Å². The van der Waals surface area contributed by atoms with Crippen molar-refractivity contribution in [1.29, 1.82) is 0 Å². The van der Waals surface area contributed by atoms with Crippen molar-refractivity contribution >= 4 is 44.2 Å². The topological polar surface area (TPSA) is 127 Å². The second kappa shape index (κ2) is 9.64. The number of nitrogens with zero attached hydrogens (tertiary/aromatic N) is 1. The molecular weight excluding hydrogens is 525 g/mol. The highest BCUT2D eigenvalue weighted by Gasteiger charge is 2.38. The number of carbonyl (C=O) groups excluding carboxylic acids is 2. The van der Waals surface area contributed by atoms with E-state index in [9.17, 15) is 27.2 Å². The summed E-state index contributed by atoms with van der Waals surface area (Å²) in [6, 6.07) is 7.14. The van der Waals surface area contributed by atoms with Crippen molar-refractivity contribution in [2.45, 2.75) is 42.8 Å². The van der Waals surface area contributed by atoms with Crippen LogP contribution in [0.5, 0.6) is 0 Å². The minimum absolute atomic E-state index is 0.000491. The fourth-order valence-electron chi connectivity index (χ4n) is 4.06. The van der Waals surface area contributed by atoms with Gasteiger partial charge >= 0.3 is 0 Å². The summed E-state index contributed by atoms with van der Waals surface area (Å²) in [5.74, 6) is -2.14. The molecule has 9 nitrogen and oxygen atoms in total. The maximum atomic E-state index is 14.2. The molecule has 0 radical (unpaired) electrons. The van der Waals surface area contributed by atoms with Crippen LogP contribution in [0.15, 0.2) is 52.3 Å². The lowest BCUT2D eigenvalue weighted by molar-refractivity contribution is -0.121. The average Bonchev–Trinajstić information content (AvgIpc) is 3.76. The molecule has 1 saturated carbocycles. The molecule has 0 bridgehead atoms. The summed E-state index contributed by atoms with van der Waals surface area (Å²) in [6.07, 6.45) is 2.27. The van der Waals surface area contributed by atoms with Crippen LogP contribution in [-0.4, -0.2) is 50.0 Å². The molecule has 1 aliphatic carbocycles. The summed E-state index contributed by atoms with van der Waals surface area (Å²) >= 11 is 5.92. The summed E-state index contributed by atoms with van der Waals surface area (Å²) in [5.41, 5.74) is 0.324. The summed E-state index contributed by atoms with van der Waals surface area (Å²) in [5, 5.41) is 2.35. The normalized spacial score (nSPS) is 18.0. The number of pyridine rings is 1. The van der Waals surface area contributed by atoms with Gasteiger partial charge in [-0.15, -0.1) is 0 Å². The third-order valence-corrected chi connectivity index (χ3v) is 8.13. The van der Waals surface area contributed by atoms with Gasteiger partial charge in [-0.05, 0) is 44.0 Å². The van der Waals surface area contributed by atoms with Crippen molar-refractivity contribution in [3.63, 3.8) is 0 Å². The molecule has 3 aromatic rings. The molecule has 1 aliphatic heterocycles. The van der Waals surface area contributed by atoms with Gasteiger partial charge in [0.05, 0.1) is 22.0 Å². The summed E-state index contributed by atoms with van der Waals surface area (Å²) in [7, 11) is -4.09. The molecule has 0 spiro atoms. The SMILES string of the molecule is Cc1ccc(S(=O)(=O)NC(CNC(=O)c2cn(C3CC3)c3cc(Cl)c(F)cc3c2=O)C(=O)C2CO2)cc1. The molecule has 2 unspecified atom stereocenters. The van der Waals surface area contributed by atoms with Crippen LogP contribution in [0.4, 0.5) is 4.39 Å². The van der Waals surface area contributed by atoms with E-state index < -0.39 is 51.7 Å². The molecule has 1 aromatic heterocycles. The number of hydrogen-bond donors (Lipinski definition) is 2. The zero-order valence-corrected chi connectivity index (χ0v) is 21.2. The number of ketones is 1. The first-order valence-corrected chi connectivity index (χ1v) is 13.5. The van der Waals surface area contributed by atoms with Gasteiger partial charge in [0.25, 0.3) is 5.91 Å². The Morgan fingerprint density at radius 2 is 1.89 bits per heavy atom. The average molecular weight is 548 g/mol. The van der Waals surface area contributed by atoms with Crippen LogP contribution in [0.2, 0.25) is 5.02 Å². The maximum absolute atomic E-state index is 14.2. The Balaban J connectivity index is 1.41. The molecule has 1 amide bonds. The number of epoxide rings is 1. The van der Waals surface area contributed by atoms with Gasteiger partial charge in [-0.25, -0.2) is 12.8 Å². The predicted octanol–water partition coefficient (Wildman–Crippen LogP) is 2.48. The minimum atomic E-state index is -4.09. The summed E-state index contributed by atoms with van der Waals surface area (Å²) in [6.45, 7) is 1.54. The largest absolute Gasteiger partial charge is 0.365 e. The van der Waals surface area contributed by atoms with Crippen LogP contribution in [0.25, 0.3) is 10.9 Å². The lowest BCUT2D eigenvalue weighted by Gasteiger charge is -2.18. The Kier molecular flexibility index (Phi) is 6.65. The molecular formula is C25H23ClFN3O6S. The maximum Gasteiger partial charge on any atom is 0.256 e. The number of aromatic nitrogens is 1. The molecule has 2 aromatic carbocycles. The first-order chi connectivity index (χ1) is 17.5. The first-order valence-electron chi connectivity index (χ1n) is 11.6. The number of sulfonamides is 1. The van der Waals surface area contributed by atoms with E-state index in [1.807, 2.05) is 6.92 Å². The van der Waals surface area contributed by atoms with Gasteiger partial charge in [0.2, 0.25) is 15.5 Å². The van der Waals surface area contributed by atoms with Crippen LogP contribution in [0.3, 0.4) is 0 Å². The number of fused-ring (bicyclic) bond motifs is 1. The van der Waals surface area contributed by atoms with Gasteiger partial charge in [0, 0.05) is 24.2 Å². The lowest BCUT2D eigenvalue weighted by atomic mass is 10.1. The quantitative estimate of drug-likeness (QED) is 0.396. The molecule has 2 N–H and O–H groups in total. The smallest absolute Gasteiger partial charge is 0.256 e. The van der Waals surface area contributed by atoms with Crippen molar-refractivity contribution < 1.29 is 27.1 Å². The molecule has 2 aliphatic rings. The fourth-order valence-corrected chi connectivity index (χ4v) is 5.42. The first kappa shape index (κ1) is 25.5. The molecule has 194 valence electrons. The zero-order valence-electron chi connectivity index (χ0n) is 19.7. The third kappa shape index (κ3) is 5.30. The third-order valence-electron chi connectivity index (χ3n) is 6.35. The van der Waals surface area contributed by atoms with Crippen LogP contribution in [0.1, 0.15) is 34.8 Å². The summed E-state index contributed by atoms with van der Waals surface area (Å²) in [4.78, 5) is 38.9. The predicted molar refractivity (Wildman–Crippen MR) is 134 cm³/mol. The van der Waals surface area contributed by atoms with Crippen molar-refractivity contribution in [2.24, 2.45) is 0 Å². The fraction of sp³-hybridized carbons (Fsp3) is 0.320. The molecule has 37 heavy (non-hydrogen) atoms. The standard InChI is InChI=1S/C25H23ClFN3O6S/c1-13-2-6-15(7-3-13)37(34,35)29-20(24(32)22-12-36-22)10-28-25(33)17-11-30(14-4-5-14)21-9-18(26)19(27)8-16(21)23(17)31/h2-3,6-9,11,14,20,22,29H,4-5,10,12H2,1H3,(H,28,33). The number of hydrogen-bond acceptors (Lipinski definition) is 6. The van der Waals surface area contributed by atoms with Gasteiger partial charge in [-0.2, -0.15) is 4.72 Å². The van der Waals surface area contributed by atoms with E-state index in [0.717, 1.165) is 24.5 Å². The molecule has 12 heteroatoms. The van der Waals surface area contributed by atoms with Crippen LogP contribution < -0.4 is 15.5 Å². The van der Waals surface area contributed by atoms with Crippen LogP contribution in [0, 0.1) is 12.7 Å². The van der Waals surface area contributed by atoms with E-state index in [-0.39, 0.29) is 33.5 Å². The van der Waals surface area contributed by atoms with E-state index in [0.29, 0.717) is 5.52 Å². The van der Waals surface area contributed by atoms with E-state index in [1.165, 1.54) is 24.4 Å². The van der Waals surface area contributed by atoms with Crippen molar-refractivity contribution in [1.82, 2.24) is 14.6 Å². The highest BCUT2D eigenvalue weighted by Crippen LogP contribution is 2.37. The van der Waals surface area contributed by atoms with Gasteiger partial charge in [-0.1, -0.05) is 29.3 Å². The van der Waals surface area contributed by atoms with Crippen molar-refractivity contribution in [2.75, 3.05) is 13.2 Å². The minimum Gasteiger partial charge on any atom is -0.365 e. The highest BCUT2D eigenvalue weighted by atomic mass is 35.5. The lowest BCUT2D eigenvalue weighted by Crippen LogP contribution is -2.50.